The van der Waals surface area contributed by atoms with Gasteiger partial charge in [0.1, 0.15) is 6.61 Å². The lowest BCUT2D eigenvalue weighted by Crippen LogP contribution is -2.29. The predicted molar refractivity (Wildman–Crippen MR) is 247 cm³/mol. The van der Waals surface area contributed by atoms with Crippen molar-refractivity contribution in [2.45, 2.75) is 200 Å². The van der Waals surface area contributed by atoms with Crippen molar-refractivity contribution in [2.75, 3.05) is 40.5 Å². The van der Waals surface area contributed by atoms with Crippen molar-refractivity contribution in [3.8, 4) is 0 Å². The average Bonchev–Trinajstić information content (AvgIpc) is 3.20. The Kier molecular flexibility index (Phi) is 42.1. The van der Waals surface area contributed by atoms with Crippen LogP contribution in [0.15, 0.2) is 60.8 Å². The molecule has 0 saturated heterocycles. The molecule has 342 valence electrons. The molecule has 2 unspecified atom stereocenters. The van der Waals surface area contributed by atoms with E-state index in [0.29, 0.717) is 19.4 Å². The molecule has 0 aromatic heterocycles. The molecule has 0 radical (unpaired) electrons. The zero-order valence-corrected chi connectivity index (χ0v) is 39.1. The first-order valence-corrected chi connectivity index (χ1v) is 25.1. The van der Waals surface area contributed by atoms with Crippen LogP contribution in [0.25, 0.3) is 0 Å². The molecular formula is C49H88NO8P. The van der Waals surface area contributed by atoms with Gasteiger partial charge in [0.2, 0.25) is 0 Å². The number of allylic oxidation sites excluding steroid dienone is 10. The molecule has 0 saturated carbocycles. The average molecular weight is 850 g/mol. The summed E-state index contributed by atoms with van der Waals surface area (Å²) in [7, 11) is -0.729. The first-order valence-electron chi connectivity index (χ1n) is 23.6. The quantitative estimate of drug-likeness (QED) is 0.0277. The van der Waals surface area contributed by atoms with Crippen LogP contribution in [0.3, 0.4) is 0 Å². The molecule has 9 nitrogen and oxygen atoms in total. The maximum absolute atomic E-state index is 12.7. The van der Waals surface area contributed by atoms with Gasteiger partial charge in [0.25, 0.3) is 0 Å². The van der Waals surface area contributed by atoms with Gasteiger partial charge in [-0.2, -0.15) is 0 Å². The molecule has 0 amide bonds. The number of hydrogen-bond acceptors (Lipinski definition) is 8. The normalized spacial score (nSPS) is 13.9. The SMILES string of the molecule is CC/C=C\C/C=C\C/C=C\C/C=C\CCCCCCC(=O)OCC(COP(=O)(O)OCCN(C)C)OC(=O)CCCCCCCCCCC/C=C\CCCCCCCC. The Labute approximate surface area is 362 Å². The lowest BCUT2D eigenvalue weighted by atomic mass is 10.1. The number of rotatable bonds is 43. The van der Waals surface area contributed by atoms with E-state index in [1.54, 1.807) is 0 Å². The van der Waals surface area contributed by atoms with Crippen LogP contribution >= 0.6 is 7.82 Å². The molecule has 0 aliphatic heterocycles. The molecule has 0 rings (SSSR count). The van der Waals surface area contributed by atoms with Crippen LogP contribution in [-0.4, -0.2) is 68.3 Å². The Bertz CT molecular complexity index is 1160. The Balaban J connectivity index is 4.28. The fourth-order valence-corrected chi connectivity index (χ4v) is 6.94. The van der Waals surface area contributed by atoms with Crippen LogP contribution in [-0.2, 0) is 32.7 Å². The van der Waals surface area contributed by atoms with Gasteiger partial charge in [-0.3, -0.25) is 18.6 Å². The number of unbranched alkanes of at least 4 members (excludes halogenated alkanes) is 19. The van der Waals surface area contributed by atoms with E-state index in [1.165, 1.54) is 83.5 Å². The monoisotopic (exact) mass is 850 g/mol. The Hall–Kier alpha value is -2.29. The van der Waals surface area contributed by atoms with Gasteiger partial charge in [-0.05, 0) is 91.1 Å². The van der Waals surface area contributed by atoms with E-state index < -0.39 is 32.5 Å². The number of phosphoric ester groups is 1. The number of esters is 2. The molecule has 0 aliphatic carbocycles. The summed E-state index contributed by atoms with van der Waals surface area (Å²) >= 11 is 0. The minimum absolute atomic E-state index is 0.000653. The predicted octanol–water partition coefficient (Wildman–Crippen LogP) is 13.9. The summed E-state index contributed by atoms with van der Waals surface area (Å²) in [6.07, 6.45) is 51.2. The van der Waals surface area contributed by atoms with Crippen LogP contribution in [0.2, 0.25) is 0 Å². The van der Waals surface area contributed by atoms with E-state index >= 15 is 0 Å². The number of ether oxygens (including phenoxy) is 2. The van der Waals surface area contributed by atoms with E-state index in [-0.39, 0.29) is 26.1 Å². The van der Waals surface area contributed by atoms with Gasteiger partial charge in [-0.15, -0.1) is 0 Å². The second-order valence-corrected chi connectivity index (χ2v) is 17.4. The van der Waals surface area contributed by atoms with Crippen LogP contribution in [0, 0.1) is 0 Å². The minimum Gasteiger partial charge on any atom is -0.462 e. The first kappa shape index (κ1) is 56.7. The van der Waals surface area contributed by atoms with Crippen molar-refractivity contribution in [1.82, 2.24) is 4.90 Å². The van der Waals surface area contributed by atoms with Gasteiger partial charge in [0.05, 0.1) is 13.2 Å². The number of hydrogen-bond donors (Lipinski definition) is 1. The molecule has 0 spiro atoms. The van der Waals surface area contributed by atoms with Crippen LogP contribution in [0.4, 0.5) is 0 Å². The summed E-state index contributed by atoms with van der Waals surface area (Å²) in [5, 5.41) is 0. The zero-order valence-electron chi connectivity index (χ0n) is 38.2. The third-order valence-corrected chi connectivity index (χ3v) is 10.8. The Morgan fingerprint density at radius 1 is 0.542 bits per heavy atom. The summed E-state index contributed by atoms with van der Waals surface area (Å²) in [6, 6.07) is 0. The van der Waals surface area contributed by atoms with Crippen LogP contribution < -0.4 is 0 Å². The molecule has 59 heavy (non-hydrogen) atoms. The molecule has 0 aromatic rings. The van der Waals surface area contributed by atoms with Gasteiger partial charge < -0.3 is 19.3 Å². The van der Waals surface area contributed by atoms with Crippen molar-refractivity contribution < 1.29 is 37.6 Å². The number of nitrogens with zero attached hydrogens (tertiary/aromatic N) is 1. The number of carbonyl (C=O) groups excluding carboxylic acids is 2. The molecule has 1 N–H and O–H groups in total. The molecule has 0 fully saturated rings. The fraction of sp³-hybridized carbons (Fsp3) is 0.755. The first-order chi connectivity index (χ1) is 28.7. The standard InChI is InChI=1S/C49H88NO8P/c1-5-7-9-11-13-15-17-19-21-23-24-26-28-30-32-34-36-38-40-42-49(52)58-47(46-57-59(53,54)56-44-43-50(3)4)45-55-48(51)41-39-37-35-33-31-29-27-25-22-20-18-16-14-12-10-8-6-2/h8,10,14,16,19-22,27,29,47H,5-7,9,11-13,15,17-18,23-26,28,30-46H2,1-4H3,(H,53,54)/b10-8-,16-14-,21-19-,22-20-,29-27-. The molecule has 0 aromatic carbocycles. The third-order valence-electron chi connectivity index (χ3n) is 9.81. The van der Waals surface area contributed by atoms with Crippen molar-refractivity contribution in [3.63, 3.8) is 0 Å². The third kappa shape index (κ3) is 45.1. The topological polar surface area (TPSA) is 112 Å². The molecule has 2 atom stereocenters. The summed E-state index contributed by atoms with van der Waals surface area (Å²) in [4.78, 5) is 37.1. The van der Waals surface area contributed by atoms with Crippen molar-refractivity contribution in [2.24, 2.45) is 0 Å². The number of phosphoric acid groups is 1. The molecule has 0 bridgehead atoms. The summed E-state index contributed by atoms with van der Waals surface area (Å²) < 4.78 is 33.5. The highest BCUT2D eigenvalue weighted by molar-refractivity contribution is 7.47. The Morgan fingerprint density at radius 2 is 0.966 bits per heavy atom. The summed E-state index contributed by atoms with van der Waals surface area (Å²) in [6.45, 7) is 4.18. The van der Waals surface area contributed by atoms with E-state index in [2.05, 4.69) is 74.6 Å². The highest BCUT2D eigenvalue weighted by Crippen LogP contribution is 2.43. The maximum Gasteiger partial charge on any atom is 0.472 e. The van der Waals surface area contributed by atoms with Crippen LogP contribution in [0.5, 0.6) is 0 Å². The molecule has 0 heterocycles. The summed E-state index contributed by atoms with van der Waals surface area (Å²) in [5.74, 6) is -0.833. The van der Waals surface area contributed by atoms with E-state index in [0.717, 1.165) is 70.6 Å². The largest absolute Gasteiger partial charge is 0.472 e. The highest BCUT2D eigenvalue weighted by atomic mass is 31.2. The van der Waals surface area contributed by atoms with Crippen molar-refractivity contribution >= 4 is 19.8 Å². The van der Waals surface area contributed by atoms with E-state index in [9.17, 15) is 19.0 Å². The molecular weight excluding hydrogens is 762 g/mol. The minimum atomic E-state index is -4.37. The van der Waals surface area contributed by atoms with Crippen molar-refractivity contribution in [3.05, 3.63) is 60.8 Å². The second kappa shape index (κ2) is 43.8. The smallest absolute Gasteiger partial charge is 0.462 e. The Morgan fingerprint density at radius 3 is 1.46 bits per heavy atom. The van der Waals surface area contributed by atoms with E-state index in [4.69, 9.17) is 18.5 Å². The van der Waals surface area contributed by atoms with E-state index in [1.807, 2.05) is 19.0 Å². The van der Waals surface area contributed by atoms with Gasteiger partial charge in [-0.25, -0.2) is 4.57 Å². The van der Waals surface area contributed by atoms with Crippen molar-refractivity contribution in [1.29, 1.82) is 0 Å². The maximum atomic E-state index is 12.7. The lowest BCUT2D eigenvalue weighted by Gasteiger charge is -2.20. The molecule has 10 heteroatoms. The van der Waals surface area contributed by atoms with Gasteiger partial charge in [0.15, 0.2) is 6.10 Å². The van der Waals surface area contributed by atoms with Crippen LogP contribution in [0.1, 0.15) is 194 Å². The van der Waals surface area contributed by atoms with Gasteiger partial charge >= 0.3 is 19.8 Å². The molecule has 0 aliphatic rings. The zero-order chi connectivity index (χ0) is 43.3. The summed E-state index contributed by atoms with van der Waals surface area (Å²) in [5.41, 5.74) is 0. The number of carbonyl (C=O) groups is 2. The van der Waals surface area contributed by atoms with Gasteiger partial charge in [0, 0.05) is 19.4 Å². The second-order valence-electron chi connectivity index (χ2n) is 15.9. The van der Waals surface area contributed by atoms with Gasteiger partial charge in [-0.1, -0.05) is 164 Å². The lowest BCUT2D eigenvalue weighted by molar-refractivity contribution is -0.161. The highest BCUT2D eigenvalue weighted by Gasteiger charge is 2.26. The fourth-order valence-electron chi connectivity index (χ4n) is 6.20. The number of likely N-dealkylation sites (N-methyl/N-ethyl adjacent to an activating group) is 1.